The van der Waals surface area contributed by atoms with Crippen molar-refractivity contribution >= 4 is 5.91 Å². The molecule has 1 amide bonds. The molecular weight excluding hydrogens is 192 g/mol. The van der Waals surface area contributed by atoms with Gasteiger partial charge in [0.2, 0.25) is 5.91 Å². The largest absolute Gasteiger partial charge is 0.383 e. The van der Waals surface area contributed by atoms with E-state index in [1.807, 2.05) is 4.90 Å². The van der Waals surface area contributed by atoms with Crippen LogP contribution in [-0.2, 0) is 9.53 Å². The number of nitrogens with zero attached hydrogens (tertiary/aromatic N) is 1. The summed E-state index contributed by atoms with van der Waals surface area (Å²) in [5, 5.41) is 3.31. The molecule has 0 saturated carbocycles. The van der Waals surface area contributed by atoms with Crippen LogP contribution in [0.4, 0.5) is 0 Å². The van der Waals surface area contributed by atoms with E-state index in [2.05, 4.69) is 19.2 Å². The van der Waals surface area contributed by atoms with E-state index in [4.69, 9.17) is 4.74 Å². The van der Waals surface area contributed by atoms with Crippen molar-refractivity contribution in [3.8, 4) is 0 Å². The fourth-order valence-electron chi connectivity index (χ4n) is 1.85. The molecule has 1 N–H and O–H groups in total. The van der Waals surface area contributed by atoms with Crippen LogP contribution in [-0.4, -0.2) is 50.7 Å². The van der Waals surface area contributed by atoms with E-state index in [0.29, 0.717) is 19.6 Å². The fraction of sp³-hybridized carbons (Fsp3) is 0.909. The average Bonchev–Trinajstić information content (AvgIpc) is 2.17. The van der Waals surface area contributed by atoms with Gasteiger partial charge in [-0.15, -0.1) is 0 Å². The first-order valence-corrected chi connectivity index (χ1v) is 5.52. The van der Waals surface area contributed by atoms with Crippen LogP contribution in [0.5, 0.6) is 0 Å². The monoisotopic (exact) mass is 214 g/mol. The van der Waals surface area contributed by atoms with Gasteiger partial charge in [0.1, 0.15) is 0 Å². The summed E-state index contributed by atoms with van der Waals surface area (Å²) in [7, 11) is 1.67. The van der Waals surface area contributed by atoms with E-state index in [9.17, 15) is 4.79 Å². The molecule has 88 valence electrons. The molecule has 1 saturated heterocycles. The van der Waals surface area contributed by atoms with Gasteiger partial charge in [-0.25, -0.2) is 0 Å². The molecule has 4 heteroatoms. The number of carbonyl (C=O) groups is 1. The van der Waals surface area contributed by atoms with Crippen LogP contribution in [0.1, 0.15) is 20.3 Å². The van der Waals surface area contributed by atoms with E-state index >= 15 is 0 Å². The van der Waals surface area contributed by atoms with E-state index in [1.165, 1.54) is 0 Å². The predicted molar refractivity (Wildman–Crippen MR) is 59.7 cm³/mol. The van der Waals surface area contributed by atoms with E-state index in [-0.39, 0.29) is 11.3 Å². The van der Waals surface area contributed by atoms with Crippen molar-refractivity contribution in [2.75, 3.05) is 39.9 Å². The molecule has 1 fully saturated rings. The van der Waals surface area contributed by atoms with Crippen molar-refractivity contribution in [3.63, 3.8) is 0 Å². The van der Waals surface area contributed by atoms with Gasteiger partial charge < -0.3 is 15.0 Å². The van der Waals surface area contributed by atoms with Gasteiger partial charge in [0, 0.05) is 39.7 Å². The topological polar surface area (TPSA) is 41.6 Å². The van der Waals surface area contributed by atoms with Crippen molar-refractivity contribution in [3.05, 3.63) is 0 Å². The summed E-state index contributed by atoms with van der Waals surface area (Å²) >= 11 is 0. The first kappa shape index (κ1) is 12.5. The highest BCUT2D eigenvalue weighted by molar-refractivity contribution is 5.76. The van der Waals surface area contributed by atoms with E-state index in [0.717, 1.165) is 19.6 Å². The zero-order chi connectivity index (χ0) is 11.3. The Kier molecular flexibility index (Phi) is 4.54. The maximum absolute atomic E-state index is 11.8. The molecule has 0 unspecified atom stereocenters. The second kappa shape index (κ2) is 5.47. The highest BCUT2D eigenvalue weighted by Crippen LogP contribution is 2.17. The zero-order valence-corrected chi connectivity index (χ0v) is 10.0. The molecule has 15 heavy (non-hydrogen) atoms. The summed E-state index contributed by atoms with van der Waals surface area (Å²) in [5.74, 6) is 0.229. The molecule has 0 aromatic carbocycles. The minimum Gasteiger partial charge on any atom is -0.383 e. The van der Waals surface area contributed by atoms with Crippen molar-refractivity contribution < 1.29 is 9.53 Å². The Labute approximate surface area is 92.0 Å². The molecule has 1 aliphatic rings. The zero-order valence-electron chi connectivity index (χ0n) is 10.0. The summed E-state index contributed by atoms with van der Waals surface area (Å²) < 4.78 is 5.02. The molecule has 0 spiro atoms. The van der Waals surface area contributed by atoms with Gasteiger partial charge in [-0.1, -0.05) is 13.8 Å². The van der Waals surface area contributed by atoms with Gasteiger partial charge in [0.05, 0.1) is 6.61 Å². The number of ether oxygens (including phenoxy) is 1. The maximum Gasteiger partial charge on any atom is 0.223 e. The number of methoxy groups -OCH3 is 1. The number of hydrogen-bond acceptors (Lipinski definition) is 3. The average molecular weight is 214 g/mol. The van der Waals surface area contributed by atoms with Crippen molar-refractivity contribution in [1.29, 1.82) is 0 Å². The number of rotatable bonds is 3. The smallest absolute Gasteiger partial charge is 0.223 e. The molecule has 4 nitrogen and oxygen atoms in total. The Balaban J connectivity index is 2.57. The molecule has 1 rings (SSSR count). The second-order valence-electron chi connectivity index (χ2n) is 4.90. The maximum atomic E-state index is 11.8. The van der Waals surface area contributed by atoms with Crippen molar-refractivity contribution in [1.82, 2.24) is 10.2 Å². The van der Waals surface area contributed by atoms with Crippen LogP contribution in [0, 0.1) is 5.41 Å². The Bertz CT molecular complexity index is 217. The second-order valence-corrected chi connectivity index (χ2v) is 4.90. The quantitative estimate of drug-likeness (QED) is 0.743. The van der Waals surface area contributed by atoms with Crippen molar-refractivity contribution in [2.45, 2.75) is 20.3 Å². The lowest BCUT2D eigenvalue weighted by atomic mass is 9.91. The van der Waals surface area contributed by atoms with Crippen LogP contribution in [0.3, 0.4) is 0 Å². The first-order chi connectivity index (χ1) is 7.05. The minimum atomic E-state index is 0.143. The lowest BCUT2D eigenvalue weighted by Crippen LogP contribution is -2.48. The Morgan fingerprint density at radius 1 is 1.53 bits per heavy atom. The van der Waals surface area contributed by atoms with E-state index < -0.39 is 0 Å². The third-order valence-corrected chi connectivity index (χ3v) is 2.66. The number of nitrogens with one attached hydrogen (secondary N) is 1. The van der Waals surface area contributed by atoms with Gasteiger partial charge in [0.25, 0.3) is 0 Å². The Morgan fingerprint density at radius 3 is 2.93 bits per heavy atom. The van der Waals surface area contributed by atoms with Gasteiger partial charge >= 0.3 is 0 Å². The lowest BCUT2D eigenvalue weighted by molar-refractivity contribution is -0.133. The SMILES string of the molecule is COCCN1CC(C)(C)CNCCC1=O. The molecule has 0 atom stereocenters. The Morgan fingerprint density at radius 2 is 2.27 bits per heavy atom. The third kappa shape index (κ3) is 4.18. The molecule has 0 radical (unpaired) electrons. The minimum absolute atomic E-state index is 0.143. The summed E-state index contributed by atoms with van der Waals surface area (Å²) in [6.07, 6.45) is 0.597. The van der Waals surface area contributed by atoms with Crippen LogP contribution in [0.25, 0.3) is 0 Å². The predicted octanol–water partition coefficient (Wildman–Crippen LogP) is 0.481. The Hall–Kier alpha value is -0.610. The summed E-state index contributed by atoms with van der Waals surface area (Å²) in [5.41, 5.74) is 0.143. The van der Waals surface area contributed by atoms with Crippen molar-refractivity contribution in [2.24, 2.45) is 5.41 Å². The summed E-state index contributed by atoms with van der Waals surface area (Å²) in [4.78, 5) is 13.7. The first-order valence-electron chi connectivity index (χ1n) is 5.52. The molecular formula is C11H22N2O2. The molecule has 1 heterocycles. The number of amides is 1. The van der Waals surface area contributed by atoms with Crippen LogP contribution >= 0.6 is 0 Å². The van der Waals surface area contributed by atoms with Gasteiger partial charge in [-0.05, 0) is 5.41 Å². The van der Waals surface area contributed by atoms with Crippen LogP contribution in [0.2, 0.25) is 0 Å². The van der Waals surface area contributed by atoms with Gasteiger partial charge in [-0.3, -0.25) is 4.79 Å². The normalized spacial score (nSPS) is 22.3. The highest BCUT2D eigenvalue weighted by atomic mass is 16.5. The standard InChI is InChI=1S/C11H22N2O2/c1-11(2)8-12-5-4-10(14)13(9-11)6-7-15-3/h12H,4-9H2,1-3H3. The van der Waals surface area contributed by atoms with Gasteiger partial charge in [-0.2, -0.15) is 0 Å². The summed E-state index contributed by atoms with van der Waals surface area (Å²) in [6.45, 7) is 8.24. The third-order valence-electron chi connectivity index (χ3n) is 2.66. The van der Waals surface area contributed by atoms with Crippen LogP contribution in [0.15, 0.2) is 0 Å². The van der Waals surface area contributed by atoms with E-state index in [1.54, 1.807) is 7.11 Å². The molecule has 0 aromatic heterocycles. The number of carbonyl (C=O) groups excluding carboxylic acids is 1. The lowest BCUT2D eigenvalue weighted by Gasteiger charge is -2.35. The molecule has 1 aliphatic heterocycles. The van der Waals surface area contributed by atoms with Crippen LogP contribution < -0.4 is 5.32 Å². The highest BCUT2D eigenvalue weighted by Gasteiger charge is 2.26. The molecule has 0 bridgehead atoms. The molecule has 0 aromatic rings. The fourth-order valence-corrected chi connectivity index (χ4v) is 1.85. The summed E-state index contributed by atoms with van der Waals surface area (Å²) in [6, 6.07) is 0. The number of hydrogen-bond donors (Lipinski definition) is 1. The molecule has 0 aliphatic carbocycles. The van der Waals surface area contributed by atoms with Gasteiger partial charge in [0.15, 0.2) is 0 Å².